The van der Waals surface area contributed by atoms with Crippen molar-refractivity contribution < 1.29 is 4.79 Å². The quantitative estimate of drug-likeness (QED) is 0.733. The second-order valence-electron chi connectivity index (χ2n) is 4.02. The van der Waals surface area contributed by atoms with Crippen molar-refractivity contribution in [2.75, 3.05) is 11.9 Å². The van der Waals surface area contributed by atoms with Crippen molar-refractivity contribution in [1.29, 1.82) is 0 Å². The van der Waals surface area contributed by atoms with Gasteiger partial charge < -0.3 is 4.90 Å². The fourth-order valence-corrected chi connectivity index (χ4v) is 2.40. The number of halogens is 1. The van der Waals surface area contributed by atoms with E-state index in [0.29, 0.717) is 6.04 Å². The Morgan fingerprint density at radius 1 is 1.24 bits per heavy atom. The molecular formula is C14H20BrNO. The van der Waals surface area contributed by atoms with Crippen LogP contribution in [0.5, 0.6) is 0 Å². The summed E-state index contributed by atoms with van der Waals surface area (Å²) >= 11 is 3.42. The van der Waals surface area contributed by atoms with Crippen molar-refractivity contribution in [3.63, 3.8) is 0 Å². The van der Waals surface area contributed by atoms with Gasteiger partial charge in [0.25, 0.3) is 5.91 Å². The first kappa shape index (κ1) is 14.2. The molecule has 1 rings (SSSR count). The van der Waals surface area contributed by atoms with Crippen LogP contribution in [0.25, 0.3) is 0 Å². The Morgan fingerprint density at radius 2 is 1.82 bits per heavy atom. The van der Waals surface area contributed by atoms with E-state index >= 15 is 0 Å². The van der Waals surface area contributed by atoms with Crippen LogP contribution < -0.4 is 0 Å². The van der Waals surface area contributed by atoms with E-state index in [-0.39, 0.29) is 5.91 Å². The number of hydrogen-bond donors (Lipinski definition) is 0. The molecule has 1 aromatic carbocycles. The van der Waals surface area contributed by atoms with Gasteiger partial charge in [-0.2, -0.15) is 0 Å². The first-order valence-electron chi connectivity index (χ1n) is 6.16. The number of amides is 1. The van der Waals surface area contributed by atoms with Crippen molar-refractivity contribution in [2.45, 2.75) is 32.7 Å². The molecule has 94 valence electrons. The van der Waals surface area contributed by atoms with Gasteiger partial charge in [0.05, 0.1) is 0 Å². The predicted molar refractivity (Wildman–Crippen MR) is 75.6 cm³/mol. The van der Waals surface area contributed by atoms with E-state index in [9.17, 15) is 4.79 Å². The molecule has 0 heterocycles. The Bertz CT molecular complexity index is 335. The SMILES string of the molecule is CCC(CC)N(CCBr)C(=O)c1ccccc1. The molecule has 0 saturated carbocycles. The zero-order valence-electron chi connectivity index (χ0n) is 10.5. The molecule has 3 heteroatoms. The van der Waals surface area contributed by atoms with E-state index in [1.54, 1.807) is 0 Å². The van der Waals surface area contributed by atoms with Crippen LogP contribution in [-0.4, -0.2) is 28.7 Å². The molecule has 0 unspecified atom stereocenters. The number of carbonyl (C=O) groups is 1. The lowest BCUT2D eigenvalue weighted by Gasteiger charge is -2.30. The largest absolute Gasteiger partial charge is 0.335 e. The lowest BCUT2D eigenvalue weighted by atomic mass is 10.1. The van der Waals surface area contributed by atoms with E-state index in [1.165, 1.54) is 0 Å². The normalized spacial score (nSPS) is 10.6. The van der Waals surface area contributed by atoms with E-state index in [0.717, 1.165) is 30.3 Å². The molecule has 0 radical (unpaired) electrons. The Morgan fingerprint density at radius 3 is 2.29 bits per heavy atom. The van der Waals surface area contributed by atoms with Crippen molar-refractivity contribution >= 4 is 21.8 Å². The molecule has 1 aromatic rings. The summed E-state index contributed by atoms with van der Waals surface area (Å²) in [6.07, 6.45) is 2.00. The van der Waals surface area contributed by atoms with Gasteiger partial charge in [-0.15, -0.1) is 0 Å². The van der Waals surface area contributed by atoms with Gasteiger partial charge in [-0.25, -0.2) is 0 Å². The number of hydrogen-bond acceptors (Lipinski definition) is 1. The number of carbonyl (C=O) groups excluding carboxylic acids is 1. The van der Waals surface area contributed by atoms with Crippen LogP contribution in [-0.2, 0) is 0 Å². The Labute approximate surface area is 112 Å². The van der Waals surface area contributed by atoms with Crippen LogP contribution in [0, 0.1) is 0 Å². The third kappa shape index (κ3) is 3.84. The highest BCUT2D eigenvalue weighted by molar-refractivity contribution is 9.09. The highest BCUT2D eigenvalue weighted by Gasteiger charge is 2.21. The van der Waals surface area contributed by atoms with Crippen molar-refractivity contribution in [3.05, 3.63) is 35.9 Å². The third-order valence-electron chi connectivity index (χ3n) is 2.99. The molecule has 0 aromatic heterocycles. The summed E-state index contributed by atoms with van der Waals surface area (Å²) in [6.45, 7) is 5.03. The highest BCUT2D eigenvalue weighted by atomic mass is 79.9. The molecule has 17 heavy (non-hydrogen) atoms. The highest BCUT2D eigenvalue weighted by Crippen LogP contribution is 2.13. The topological polar surface area (TPSA) is 20.3 Å². The van der Waals surface area contributed by atoms with Gasteiger partial charge >= 0.3 is 0 Å². The van der Waals surface area contributed by atoms with Crippen LogP contribution in [0.3, 0.4) is 0 Å². The standard InChI is InChI=1S/C14H20BrNO/c1-3-13(4-2)16(11-10-15)14(17)12-8-6-5-7-9-12/h5-9,13H,3-4,10-11H2,1-2H3. The van der Waals surface area contributed by atoms with Crippen LogP contribution in [0.2, 0.25) is 0 Å². The number of alkyl halides is 1. The summed E-state index contributed by atoms with van der Waals surface area (Å²) in [5.74, 6) is 0.138. The lowest BCUT2D eigenvalue weighted by Crippen LogP contribution is -2.41. The Kier molecular flexibility index (Phi) is 6.27. The molecule has 0 N–H and O–H groups in total. The van der Waals surface area contributed by atoms with Gasteiger partial charge in [0, 0.05) is 23.5 Å². The second-order valence-corrected chi connectivity index (χ2v) is 4.82. The molecular weight excluding hydrogens is 278 g/mol. The first-order valence-corrected chi connectivity index (χ1v) is 7.28. The summed E-state index contributed by atoms with van der Waals surface area (Å²) in [5, 5.41) is 0.822. The van der Waals surface area contributed by atoms with Gasteiger partial charge in [0.2, 0.25) is 0 Å². The minimum Gasteiger partial charge on any atom is -0.335 e. The van der Waals surface area contributed by atoms with Gasteiger partial charge in [-0.3, -0.25) is 4.79 Å². The molecule has 0 saturated heterocycles. The second kappa shape index (κ2) is 7.49. The summed E-state index contributed by atoms with van der Waals surface area (Å²) in [6, 6.07) is 9.85. The van der Waals surface area contributed by atoms with E-state index < -0.39 is 0 Å². The first-order chi connectivity index (χ1) is 8.24. The minimum atomic E-state index is 0.138. The fourth-order valence-electron chi connectivity index (χ4n) is 2.02. The Balaban J connectivity index is 2.87. The third-order valence-corrected chi connectivity index (χ3v) is 3.34. The number of nitrogens with zero attached hydrogens (tertiary/aromatic N) is 1. The molecule has 0 aliphatic rings. The molecule has 0 fully saturated rings. The van der Waals surface area contributed by atoms with Crippen LogP contribution in [0.15, 0.2) is 30.3 Å². The van der Waals surface area contributed by atoms with Crippen LogP contribution >= 0.6 is 15.9 Å². The monoisotopic (exact) mass is 297 g/mol. The lowest BCUT2D eigenvalue weighted by molar-refractivity contribution is 0.0683. The summed E-state index contributed by atoms with van der Waals surface area (Å²) in [7, 11) is 0. The van der Waals surface area contributed by atoms with Gasteiger partial charge in [-0.05, 0) is 25.0 Å². The zero-order valence-corrected chi connectivity index (χ0v) is 12.1. The number of benzene rings is 1. The maximum Gasteiger partial charge on any atom is 0.254 e. The van der Waals surface area contributed by atoms with Crippen molar-refractivity contribution in [3.8, 4) is 0 Å². The maximum atomic E-state index is 12.4. The van der Waals surface area contributed by atoms with Gasteiger partial charge in [0.1, 0.15) is 0 Å². The average Bonchev–Trinajstić information content (AvgIpc) is 2.39. The van der Waals surface area contributed by atoms with E-state index in [2.05, 4.69) is 29.8 Å². The van der Waals surface area contributed by atoms with Crippen molar-refractivity contribution in [1.82, 2.24) is 4.90 Å². The molecule has 0 spiro atoms. The average molecular weight is 298 g/mol. The van der Waals surface area contributed by atoms with E-state index in [4.69, 9.17) is 0 Å². The summed E-state index contributed by atoms with van der Waals surface area (Å²) in [4.78, 5) is 14.4. The molecule has 1 amide bonds. The number of rotatable bonds is 6. The van der Waals surface area contributed by atoms with E-state index in [1.807, 2.05) is 35.2 Å². The van der Waals surface area contributed by atoms with Crippen LogP contribution in [0.4, 0.5) is 0 Å². The molecule has 0 atom stereocenters. The fraction of sp³-hybridized carbons (Fsp3) is 0.500. The van der Waals surface area contributed by atoms with Gasteiger partial charge in [0.15, 0.2) is 0 Å². The summed E-state index contributed by atoms with van der Waals surface area (Å²) in [5.41, 5.74) is 0.778. The molecule has 2 nitrogen and oxygen atoms in total. The van der Waals surface area contributed by atoms with Crippen LogP contribution in [0.1, 0.15) is 37.0 Å². The van der Waals surface area contributed by atoms with Crippen molar-refractivity contribution in [2.24, 2.45) is 0 Å². The zero-order chi connectivity index (χ0) is 12.7. The predicted octanol–water partition coefficient (Wildman–Crippen LogP) is 3.71. The Hall–Kier alpha value is -0.830. The smallest absolute Gasteiger partial charge is 0.254 e. The maximum absolute atomic E-state index is 12.4. The molecule has 0 aliphatic heterocycles. The summed E-state index contributed by atoms with van der Waals surface area (Å²) < 4.78 is 0. The van der Waals surface area contributed by atoms with Gasteiger partial charge in [-0.1, -0.05) is 48.0 Å². The molecule has 0 aliphatic carbocycles. The minimum absolute atomic E-state index is 0.138. The molecule has 0 bridgehead atoms.